The Bertz CT molecular complexity index is 355. The lowest BCUT2D eigenvalue weighted by atomic mass is 10.1. The summed E-state index contributed by atoms with van der Waals surface area (Å²) in [6.45, 7) is 28.4. The van der Waals surface area contributed by atoms with Gasteiger partial charge in [-0.25, -0.2) is 0 Å². The second-order valence-electron chi connectivity index (χ2n) is 10.1. The van der Waals surface area contributed by atoms with Gasteiger partial charge >= 0.3 is 0 Å². The molecule has 27 heavy (non-hydrogen) atoms. The highest BCUT2D eigenvalue weighted by molar-refractivity contribution is 5.72. The molecule has 0 fully saturated rings. The molecule has 5 heteroatoms. The monoisotopic (exact) mass is 388 g/mol. The second kappa shape index (κ2) is 13.5. The Kier molecular flexibility index (Phi) is 15.5. The van der Waals surface area contributed by atoms with Crippen molar-refractivity contribution in [3.63, 3.8) is 0 Å². The van der Waals surface area contributed by atoms with E-state index in [1.54, 1.807) is 0 Å². The van der Waals surface area contributed by atoms with E-state index < -0.39 is 0 Å². The third kappa shape index (κ3) is 19.9. The summed E-state index contributed by atoms with van der Waals surface area (Å²) in [4.78, 5) is 17.2. The van der Waals surface area contributed by atoms with E-state index in [1.807, 2.05) is 7.05 Å². The molecule has 0 aliphatic rings. The van der Waals surface area contributed by atoms with Crippen LogP contribution in [0.4, 0.5) is 0 Å². The van der Waals surface area contributed by atoms with Crippen LogP contribution in [0, 0.1) is 0 Å². The summed E-state index contributed by atoms with van der Waals surface area (Å²) >= 11 is 0. The molecule has 0 unspecified atom stereocenters. The van der Waals surface area contributed by atoms with Gasteiger partial charge < -0.3 is 15.1 Å². The zero-order chi connectivity index (χ0) is 22.6. The molecule has 0 aliphatic heterocycles. The van der Waals surface area contributed by atoms with Crippen molar-refractivity contribution < 1.29 is 4.79 Å². The molecule has 0 aliphatic carbocycles. The van der Waals surface area contributed by atoms with Crippen LogP contribution in [0.25, 0.3) is 0 Å². The van der Waals surface area contributed by atoms with Gasteiger partial charge in [0, 0.05) is 23.5 Å². The molecule has 0 radical (unpaired) electrons. The molecule has 0 spiro atoms. The van der Waals surface area contributed by atoms with Gasteiger partial charge in [-0.2, -0.15) is 0 Å². The fourth-order valence-electron chi connectivity index (χ4n) is 1.42. The highest BCUT2D eigenvalue weighted by Crippen LogP contribution is 2.09. The number of amides is 1. The molecule has 0 bridgehead atoms. The summed E-state index contributed by atoms with van der Waals surface area (Å²) in [6.07, 6.45) is 0. The van der Waals surface area contributed by atoms with E-state index in [2.05, 4.69) is 110 Å². The molecule has 0 heterocycles. The number of nitrogens with zero attached hydrogens (tertiary/aromatic N) is 3. The van der Waals surface area contributed by atoms with Crippen LogP contribution >= 0.6 is 0 Å². The van der Waals surface area contributed by atoms with Gasteiger partial charge in [0.15, 0.2) is 0 Å². The van der Waals surface area contributed by atoms with Crippen molar-refractivity contribution in [2.75, 3.05) is 40.9 Å². The first-order valence-corrected chi connectivity index (χ1v) is 10.2. The van der Waals surface area contributed by atoms with Crippen molar-refractivity contribution in [2.24, 2.45) is 0 Å². The fourth-order valence-corrected chi connectivity index (χ4v) is 1.42. The molecule has 166 valence electrons. The van der Waals surface area contributed by atoms with Crippen LogP contribution in [0.15, 0.2) is 0 Å². The lowest BCUT2D eigenvalue weighted by Crippen LogP contribution is -2.44. The molecule has 0 saturated carbocycles. The molecular formula is C22H52N4O. The minimum absolute atomic E-state index is 0.0149. The van der Waals surface area contributed by atoms with Crippen molar-refractivity contribution in [3.8, 4) is 0 Å². The summed E-state index contributed by atoms with van der Waals surface area (Å²) in [6, 6.07) is 0. The van der Waals surface area contributed by atoms with E-state index in [0.717, 1.165) is 13.1 Å². The number of carbonyl (C=O) groups is 1. The van der Waals surface area contributed by atoms with Gasteiger partial charge in [0.2, 0.25) is 5.91 Å². The van der Waals surface area contributed by atoms with Crippen molar-refractivity contribution in [2.45, 2.75) is 99.7 Å². The summed E-state index contributed by atoms with van der Waals surface area (Å²) in [7, 11) is 6.26. The van der Waals surface area contributed by atoms with Gasteiger partial charge in [-0.05, 0) is 96.5 Å². The third-order valence-electron chi connectivity index (χ3n) is 4.95. The Morgan fingerprint density at radius 2 is 0.926 bits per heavy atom. The summed E-state index contributed by atoms with van der Waals surface area (Å²) in [5.74, 6) is 0.0149. The van der Waals surface area contributed by atoms with Gasteiger partial charge in [-0.15, -0.1) is 0 Å². The van der Waals surface area contributed by atoms with Crippen molar-refractivity contribution in [3.05, 3.63) is 0 Å². The maximum Gasteiger partial charge on any atom is 0.217 e. The van der Waals surface area contributed by atoms with E-state index in [0.29, 0.717) is 17.7 Å². The summed E-state index contributed by atoms with van der Waals surface area (Å²) in [5, 5.41) is 2.74. The average Bonchev–Trinajstić information content (AvgIpc) is 2.49. The lowest BCUT2D eigenvalue weighted by molar-refractivity contribution is -0.119. The van der Waals surface area contributed by atoms with E-state index in [9.17, 15) is 4.79 Å². The second-order valence-corrected chi connectivity index (χ2v) is 10.1. The highest BCUT2D eigenvalue weighted by Gasteiger charge is 2.16. The number of rotatable bonds is 4. The Hall–Kier alpha value is -0.650. The molecule has 0 aromatic heterocycles. The Morgan fingerprint density at radius 1 is 0.667 bits per heavy atom. The van der Waals surface area contributed by atoms with Crippen LogP contribution in [0.2, 0.25) is 0 Å². The Morgan fingerprint density at radius 3 is 1.04 bits per heavy atom. The van der Waals surface area contributed by atoms with E-state index >= 15 is 0 Å². The van der Waals surface area contributed by atoms with Crippen molar-refractivity contribution >= 4 is 5.91 Å². The number of hydrogen-bond donors (Lipinski definition) is 1. The predicted molar refractivity (Wildman–Crippen MR) is 122 cm³/mol. The SMILES string of the molecule is CC(=O)NCN(C)C(C)(C)C.CCN(C)C(C)(C)C.CCN(C)C(C)(C)C. The van der Waals surface area contributed by atoms with Gasteiger partial charge in [0.05, 0.1) is 6.67 Å². The standard InChI is InChI=1S/C8H18N2O.2C7H17N/c1-7(11)9-6-10(5)8(2,3)4;2*1-6-8(5)7(2,3)4/h6H2,1-5H3,(H,9,11);2*6H2,1-5H3. The van der Waals surface area contributed by atoms with Gasteiger partial charge in [-0.3, -0.25) is 9.69 Å². The topological polar surface area (TPSA) is 38.8 Å². The Labute approximate surface area is 171 Å². The van der Waals surface area contributed by atoms with Crippen LogP contribution < -0.4 is 5.32 Å². The number of nitrogens with one attached hydrogen (secondary N) is 1. The van der Waals surface area contributed by atoms with E-state index in [1.165, 1.54) is 6.92 Å². The Balaban J connectivity index is -0.000000327. The van der Waals surface area contributed by atoms with Gasteiger partial charge in [-0.1, -0.05) is 13.8 Å². The molecule has 5 nitrogen and oxygen atoms in total. The minimum Gasteiger partial charge on any atom is -0.344 e. The first kappa shape index (κ1) is 31.1. The van der Waals surface area contributed by atoms with E-state index in [-0.39, 0.29) is 11.4 Å². The third-order valence-corrected chi connectivity index (χ3v) is 4.95. The fraction of sp³-hybridized carbons (Fsp3) is 0.955. The highest BCUT2D eigenvalue weighted by atomic mass is 16.1. The van der Waals surface area contributed by atoms with Crippen LogP contribution in [-0.4, -0.2) is 78.1 Å². The summed E-state index contributed by atoms with van der Waals surface area (Å²) < 4.78 is 0. The smallest absolute Gasteiger partial charge is 0.217 e. The lowest BCUT2D eigenvalue weighted by Gasteiger charge is -2.31. The normalized spacial score (nSPS) is 12.4. The number of hydrogen-bond acceptors (Lipinski definition) is 4. The molecular weight excluding hydrogens is 336 g/mol. The van der Waals surface area contributed by atoms with Crippen molar-refractivity contribution in [1.29, 1.82) is 0 Å². The molecule has 0 rings (SSSR count). The molecule has 1 N–H and O–H groups in total. The van der Waals surface area contributed by atoms with Crippen LogP contribution in [0.3, 0.4) is 0 Å². The minimum atomic E-state index is 0.0149. The molecule has 0 aromatic rings. The molecule has 1 amide bonds. The summed E-state index contributed by atoms with van der Waals surface area (Å²) in [5.41, 5.74) is 0.798. The van der Waals surface area contributed by atoms with Crippen LogP contribution in [-0.2, 0) is 4.79 Å². The molecule has 0 atom stereocenters. The zero-order valence-corrected chi connectivity index (χ0v) is 21.4. The van der Waals surface area contributed by atoms with Gasteiger partial charge in [0.25, 0.3) is 0 Å². The van der Waals surface area contributed by atoms with E-state index in [4.69, 9.17) is 0 Å². The molecule has 0 aromatic carbocycles. The first-order valence-electron chi connectivity index (χ1n) is 10.2. The largest absolute Gasteiger partial charge is 0.344 e. The maximum absolute atomic E-state index is 10.5. The van der Waals surface area contributed by atoms with Crippen LogP contribution in [0.5, 0.6) is 0 Å². The van der Waals surface area contributed by atoms with Crippen molar-refractivity contribution in [1.82, 2.24) is 20.0 Å². The zero-order valence-electron chi connectivity index (χ0n) is 21.4. The maximum atomic E-state index is 10.5. The quantitative estimate of drug-likeness (QED) is 0.730. The van der Waals surface area contributed by atoms with Gasteiger partial charge in [0.1, 0.15) is 0 Å². The molecule has 0 saturated heterocycles. The number of carbonyl (C=O) groups excluding carboxylic acids is 1. The van der Waals surface area contributed by atoms with Crippen LogP contribution in [0.1, 0.15) is 83.1 Å². The first-order chi connectivity index (χ1) is 11.8. The average molecular weight is 389 g/mol. The predicted octanol–water partition coefficient (Wildman–Crippen LogP) is 4.28.